The highest BCUT2D eigenvalue weighted by molar-refractivity contribution is 8.23. The fraction of sp³-hybridized carbons (Fsp3) is 0.207. The number of carbonyl (C=O) groups is 1. The van der Waals surface area contributed by atoms with Gasteiger partial charge in [-0.25, -0.2) is 4.68 Å². The Kier molecular flexibility index (Phi) is 5.78. The van der Waals surface area contributed by atoms with Gasteiger partial charge in [0, 0.05) is 35.8 Å². The van der Waals surface area contributed by atoms with Gasteiger partial charge in [0.25, 0.3) is 5.91 Å². The first kappa shape index (κ1) is 24.1. The van der Waals surface area contributed by atoms with Gasteiger partial charge in [-0.3, -0.25) is 18.6 Å². The third-order valence-electron chi connectivity index (χ3n) is 7.29. The number of ether oxygens (including phenoxy) is 1. The molecule has 3 aromatic carbocycles. The van der Waals surface area contributed by atoms with Crippen molar-refractivity contribution in [3.63, 3.8) is 0 Å². The standard InChI is InChI=1S/C29H27N5O4S/c35-29(32-12-14-38-15-13-32)27-24-19-39(36,37)26-9-5-4-8-23(26)28(24)34(31-27)22-10-11-25-21(16-22)18-33(30-25)17-20-6-2-1-3-7-20/h1-11,16,18,36-37H,12-15,17,19H2. The van der Waals surface area contributed by atoms with E-state index in [0.717, 1.165) is 22.2 Å². The maximum absolute atomic E-state index is 13.7. The minimum Gasteiger partial charge on any atom is -0.378 e. The number of aromatic nitrogens is 4. The van der Waals surface area contributed by atoms with Gasteiger partial charge >= 0.3 is 0 Å². The van der Waals surface area contributed by atoms with E-state index in [4.69, 9.17) is 14.9 Å². The monoisotopic (exact) mass is 541 g/mol. The Morgan fingerprint density at radius 3 is 2.54 bits per heavy atom. The van der Waals surface area contributed by atoms with Crippen LogP contribution >= 0.6 is 10.6 Å². The van der Waals surface area contributed by atoms with Gasteiger partial charge in [-0.05, 0) is 29.8 Å². The summed E-state index contributed by atoms with van der Waals surface area (Å²) in [7, 11) is -3.13. The Labute approximate surface area is 226 Å². The number of nitrogens with zero attached hydrogens (tertiary/aromatic N) is 5. The molecule has 39 heavy (non-hydrogen) atoms. The molecular weight excluding hydrogens is 514 g/mol. The molecule has 2 N–H and O–H groups in total. The van der Waals surface area contributed by atoms with E-state index in [1.54, 1.807) is 21.7 Å². The molecule has 0 unspecified atom stereocenters. The first-order chi connectivity index (χ1) is 19.0. The Balaban J connectivity index is 1.36. The molecule has 5 aromatic rings. The molecule has 1 fully saturated rings. The van der Waals surface area contributed by atoms with Crippen LogP contribution in [0, 0.1) is 0 Å². The summed E-state index contributed by atoms with van der Waals surface area (Å²) >= 11 is 0. The number of morpholine rings is 1. The molecule has 0 aliphatic carbocycles. The molecule has 1 amide bonds. The highest BCUT2D eigenvalue weighted by atomic mass is 32.3. The fourth-order valence-corrected chi connectivity index (χ4v) is 7.06. The van der Waals surface area contributed by atoms with E-state index in [1.165, 1.54) is 0 Å². The van der Waals surface area contributed by atoms with Crippen LogP contribution in [0.2, 0.25) is 0 Å². The number of benzene rings is 3. The zero-order valence-corrected chi connectivity index (χ0v) is 21.9. The van der Waals surface area contributed by atoms with Crippen molar-refractivity contribution in [1.29, 1.82) is 0 Å². The zero-order valence-electron chi connectivity index (χ0n) is 21.1. The topological polar surface area (TPSA) is 106 Å². The van der Waals surface area contributed by atoms with Crippen molar-refractivity contribution >= 4 is 27.4 Å². The van der Waals surface area contributed by atoms with E-state index in [1.807, 2.05) is 59.4 Å². The van der Waals surface area contributed by atoms with Gasteiger partial charge in [0.05, 0.1) is 47.3 Å². The summed E-state index contributed by atoms with van der Waals surface area (Å²) < 4.78 is 31.3. The molecule has 2 aliphatic heterocycles. The van der Waals surface area contributed by atoms with Gasteiger partial charge < -0.3 is 9.64 Å². The zero-order chi connectivity index (χ0) is 26.6. The second-order valence-corrected chi connectivity index (χ2v) is 11.9. The molecule has 2 aromatic heterocycles. The van der Waals surface area contributed by atoms with Gasteiger partial charge in [-0.1, -0.05) is 48.5 Å². The van der Waals surface area contributed by atoms with Crippen molar-refractivity contribution in [3.05, 3.63) is 95.8 Å². The lowest BCUT2D eigenvalue weighted by molar-refractivity contribution is 0.0298. The number of amides is 1. The van der Waals surface area contributed by atoms with E-state index in [0.29, 0.717) is 54.6 Å². The summed E-state index contributed by atoms with van der Waals surface area (Å²) in [6, 6.07) is 23.3. The summed E-state index contributed by atoms with van der Waals surface area (Å²) in [5.41, 5.74) is 4.98. The maximum Gasteiger partial charge on any atom is 0.274 e. The molecule has 7 rings (SSSR count). The van der Waals surface area contributed by atoms with E-state index < -0.39 is 10.6 Å². The Bertz CT molecular complexity index is 1710. The van der Waals surface area contributed by atoms with Crippen molar-refractivity contribution in [2.75, 3.05) is 26.3 Å². The van der Waals surface area contributed by atoms with Crippen LogP contribution < -0.4 is 0 Å². The SMILES string of the molecule is O=C(c1nn(-c2ccc3nn(Cc4ccccc4)cc3c2)c2c1CS(O)(O)c1ccccc1-2)N1CCOCC1. The van der Waals surface area contributed by atoms with Crippen LogP contribution in [0.1, 0.15) is 21.6 Å². The van der Waals surface area contributed by atoms with Crippen molar-refractivity contribution in [3.8, 4) is 16.9 Å². The molecule has 0 bridgehead atoms. The number of carbonyl (C=O) groups excluding carboxylic acids is 1. The quantitative estimate of drug-likeness (QED) is 0.331. The summed E-state index contributed by atoms with van der Waals surface area (Å²) in [6.07, 6.45) is 2.01. The first-order valence-electron chi connectivity index (χ1n) is 12.8. The minimum atomic E-state index is -3.13. The van der Waals surface area contributed by atoms with Gasteiger partial charge in [0.2, 0.25) is 0 Å². The highest BCUT2D eigenvalue weighted by Crippen LogP contribution is 2.59. The molecule has 0 atom stereocenters. The minimum absolute atomic E-state index is 0.0536. The van der Waals surface area contributed by atoms with E-state index >= 15 is 0 Å². The molecular formula is C29H27N5O4S. The lowest BCUT2D eigenvalue weighted by atomic mass is 10.0. The first-order valence-corrected chi connectivity index (χ1v) is 14.6. The second-order valence-electron chi connectivity index (χ2n) is 9.85. The molecule has 1 saturated heterocycles. The van der Waals surface area contributed by atoms with Crippen LogP contribution in [0.4, 0.5) is 0 Å². The molecule has 10 heteroatoms. The average Bonchev–Trinajstić information content (AvgIpc) is 3.54. The summed E-state index contributed by atoms with van der Waals surface area (Å²) in [4.78, 5) is 15.9. The lowest BCUT2D eigenvalue weighted by Crippen LogP contribution is -2.41. The summed E-state index contributed by atoms with van der Waals surface area (Å²) in [5, 5.41) is 10.5. The molecule has 2 aliphatic rings. The van der Waals surface area contributed by atoms with Crippen molar-refractivity contribution in [2.45, 2.75) is 17.2 Å². The van der Waals surface area contributed by atoms with Crippen LogP contribution in [0.5, 0.6) is 0 Å². The van der Waals surface area contributed by atoms with E-state index in [2.05, 4.69) is 12.1 Å². The molecule has 0 spiro atoms. The molecule has 4 heterocycles. The van der Waals surface area contributed by atoms with Crippen molar-refractivity contribution in [1.82, 2.24) is 24.5 Å². The predicted molar refractivity (Wildman–Crippen MR) is 149 cm³/mol. The lowest BCUT2D eigenvalue weighted by Gasteiger charge is -2.38. The Morgan fingerprint density at radius 1 is 0.949 bits per heavy atom. The third kappa shape index (κ3) is 4.22. The van der Waals surface area contributed by atoms with Gasteiger partial charge in [0.15, 0.2) is 5.69 Å². The summed E-state index contributed by atoms with van der Waals surface area (Å²) in [6.45, 7) is 2.54. The van der Waals surface area contributed by atoms with Crippen molar-refractivity contribution < 1.29 is 18.6 Å². The molecule has 198 valence electrons. The van der Waals surface area contributed by atoms with Crippen LogP contribution in [-0.2, 0) is 17.0 Å². The van der Waals surface area contributed by atoms with Gasteiger partial charge in [0.1, 0.15) is 0 Å². The van der Waals surface area contributed by atoms with Gasteiger partial charge in [-0.15, -0.1) is 0 Å². The third-order valence-corrected chi connectivity index (χ3v) is 9.04. The molecule has 9 nitrogen and oxygen atoms in total. The number of fused-ring (bicyclic) bond motifs is 4. The van der Waals surface area contributed by atoms with E-state index in [-0.39, 0.29) is 17.4 Å². The van der Waals surface area contributed by atoms with Crippen LogP contribution in [0.15, 0.2) is 83.9 Å². The molecule has 0 saturated carbocycles. The Hall–Kier alpha value is -3.96. The number of rotatable bonds is 4. The van der Waals surface area contributed by atoms with Crippen LogP contribution in [0.3, 0.4) is 0 Å². The predicted octanol–water partition coefficient (Wildman–Crippen LogP) is 5.03. The highest BCUT2D eigenvalue weighted by Gasteiger charge is 2.37. The summed E-state index contributed by atoms with van der Waals surface area (Å²) in [5.74, 6) is -0.276. The normalized spacial score (nSPS) is 17.0. The average molecular weight is 542 g/mol. The number of hydrogen-bond donors (Lipinski definition) is 2. The number of hydrogen-bond acceptors (Lipinski definition) is 6. The van der Waals surface area contributed by atoms with Crippen molar-refractivity contribution in [2.24, 2.45) is 0 Å². The smallest absolute Gasteiger partial charge is 0.274 e. The van der Waals surface area contributed by atoms with E-state index in [9.17, 15) is 13.9 Å². The van der Waals surface area contributed by atoms with Gasteiger partial charge in [-0.2, -0.15) is 20.8 Å². The second kappa shape index (κ2) is 9.35. The largest absolute Gasteiger partial charge is 0.378 e. The van der Waals surface area contributed by atoms with Crippen LogP contribution in [-0.4, -0.2) is 65.8 Å². The van der Waals surface area contributed by atoms with Crippen LogP contribution in [0.25, 0.3) is 27.8 Å². The fourth-order valence-electron chi connectivity index (χ4n) is 5.41. The molecule has 0 radical (unpaired) electrons. The maximum atomic E-state index is 13.7. The Morgan fingerprint density at radius 2 is 1.72 bits per heavy atom.